The van der Waals surface area contributed by atoms with E-state index in [-0.39, 0.29) is 11.3 Å². The number of carbonyl (C=O) groups is 1. The van der Waals surface area contributed by atoms with Gasteiger partial charge >= 0.3 is 0 Å². The van der Waals surface area contributed by atoms with Crippen molar-refractivity contribution in [1.82, 2.24) is 9.97 Å². The minimum atomic E-state index is -0.977. The minimum absolute atomic E-state index is 0.0765. The lowest BCUT2D eigenvalue weighted by atomic mass is 9.99. The van der Waals surface area contributed by atoms with Gasteiger partial charge < -0.3 is 9.72 Å². The Labute approximate surface area is 147 Å². The SMILES string of the molecule is COC1=C(C)[C@H](c2cccc(F)c2F)N(c2ccc3nc[nH]c3c2)C1=O. The molecule has 2 aromatic carbocycles. The van der Waals surface area contributed by atoms with Crippen LogP contribution >= 0.6 is 0 Å². The van der Waals surface area contributed by atoms with Gasteiger partial charge in [0.25, 0.3) is 5.91 Å². The first kappa shape index (κ1) is 16.3. The number of rotatable bonds is 3. The lowest BCUT2D eigenvalue weighted by Crippen LogP contribution is -2.31. The van der Waals surface area contributed by atoms with E-state index in [2.05, 4.69) is 9.97 Å². The normalized spacial score (nSPS) is 17.5. The van der Waals surface area contributed by atoms with Gasteiger partial charge in [-0.2, -0.15) is 0 Å². The molecular weight excluding hydrogens is 340 g/mol. The molecule has 0 fully saturated rings. The minimum Gasteiger partial charge on any atom is -0.491 e. The molecule has 3 aromatic rings. The van der Waals surface area contributed by atoms with Crippen molar-refractivity contribution in [2.24, 2.45) is 0 Å². The zero-order chi connectivity index (χ0) is 18.4. The number of nitrogens with zero attached hydrogens (tertiary/aromatic N) is 2. The van der Waals surface area contributed by atoms with Crippen molar-refractivity contribution in [1.29, 1.82) is 0 Å². The molecule has 0 spiro atoms. The number of aromatic nitrogens is 2. The maximum Gasteiger partial charge on any atom is 0.294 e. The number of carbonyl (C=O) groups excluding carboxylic acids is 1. The number of aromatic amines is 1. The van der Waals surface area contributed by atoms with Crippen LogP contribution in [-0.2, 0) is 9.53 Å². The summed E-state index contributed by atoms with van der Waals surface area (Å²) in [6.07, 6.45) is 1.55. The van der Waals surface area contributed by atoms with Gasteiger partial charge in [-0.1, -0.05) is 12.1 Å². The zero-order valence-corrected chi connectivity index (χ0v) is 14.1. The van der Waals surface area contributed by atoms with Crippen LogP contribution in [0.5, 0.6) is 0 Å². The van der Waals surface area contributed by atoms with Gasteiger partial charge in [0, 0.05) is 16.8 Å². The molecule has 4 rings (SSSR count). The molecule has 0 saturated carbocycles. The molecule has 1 atom stereocenters. The molecule has 5 nitrogen and oxygen atoms in total. The van der Waals surface area contributed by atoms with Gasteiger partial charge in [0.1, 0.15) is 0 Å². The lowest BCUT2D eigenvalue weighted by Gasteiger charge is -2.27. The maximum atomic E-state index is 14.5. The Morgan fingerprint density at radius 3 is 2.81 bits per heavy atom. The Kier molecular flexibility index (Phi) is 3.72. The summed E-state index contributed by atoms with van der Waals surface area (Å²) >= 11 is 0. The van der Waals surface area contributed by atoms with Crippen molar-refractivity contribution < 1.29 is 18.3 Å². The molecule has 0 radical (unpaired) electrons. The molecule has 1 aromatic heterocycles. The fourth-order valence-electron chi connectivity index (χ4n) is 3.41. The fourth-order valence-corrected chi connectivity index (χ4v) is 3.41. The monoisotopic (exact) mass is 355 g/mol. The molecule has 1 N–H and O–H groups in total. The first-order chi connectivity index (χ1) is 12.5. The van der Waals surface area contributed by atoms with Crippen molar-refractivity contribution in [3.63, 3.8) is 0 Å². The van der Waals surface area contributed by atoms with Crippen molar-refractivity contribution in [2.75, 3.05) is 12.0 Å². The highest BCUT2D eigenvalue weighted by Crippen LogP contribution is 2.42. The Bertz CT molecular complexity index is 1060. The summed E-state index contributed by atoms with van der Waals surface area (Å²) in [6.45, 7) is 1.68. The summed E-state index contributed by atoms with van der Waals surface area (Å²) in [4.78, 5) is 21.4. The first-order valence-electron chi connectivity index (χ1n) is 7.98. The van der Waals surface area contributed by atoms with Gasteiger partial charge in [0.2, 0.25) is 0 Å². The fraction of sp³-hybridized carbons (Fsp3) is 0.158. The standard InChI is InChI=1S/C19H15F2N3O2/c1-10-17(12-4-3-5-13(20)16(12)21)24(19(25)18(10)26-2)11-6-7-14-15(8-11)23-9-22-14/h3-9,17H,1-2H3,(H,22,23)/t17-/m1/s1. The van der Waals surface area contributed by atoms with E-state index in [1.54, 1.807) is 31.5 Å². The number of benzene rings is 2. The molecule has 2 heterocycles. The molecule has 1 amide bonds. The van der Waals surface area contributed by atoms with Crippen LogP contribution in [0.15, 0.2) is 54.1 Å². The van der Waals surface area contributed by atoms with Crippen molar-refractivity contribution in [3.8, 4) is 0 Å². The van der Waals surface area contributed by atoms with Crippen LogP contribution in [0.4, 0.5) is 14.5 Å². The van der Waals surface area contributed by atoms with Crippen LogP contribution in [0.1, 0.15) is 18.5 Å². The van der Waals surface area contributed by atoms with Gasteiger partial charge in [-0.05, 0) is 31.2 Å². The topological polar surface area (TPSA) is 58.2 Å². The Morgan fingerprint density at radius 1 is 1.23 bits per heavy atom. The smallest absolute Gasteiger partial charge is 0.294 e. The summed E-state index contributed by atoms with van der Waals surface area (Å²) < 4.78 is 33.5. The molecule has 0 bridgehead atoms. The van der Waals surface area contributed by atoms with Crippen LogP contribution in [0.2, 0.25) is 0 Å². The molecule has 26 heavy (non-hydrogen) atoms. The average Bonchev–Trinajstić information content (AvgIpc) is 3.19. The number of ether oxygens (including phenoxy) is 1. The van der Waals surface area contributed by atoms with Crippen LogP contribution in [0.25, 0.3) is 11.0 Å². The van der Waals surface area contributed by atoms with Crippen LogP contribution in [0, 0.1) is 11.6 Å². The number of amides is 1. The van der Waals surface area contributed by atoms with E-state index in [9.17, 15) is 13.6 Å². The third-order valence-electron chi connectivity index (χ3n) is 4.60. The van der Waals surface area contributed by atoms with Gasteiger partial charge in [-0.25, -0.2) is 13.8 Å². The molecule has 7 heteroatoms. The number of hydrogen-bond donors (Lipinski definition) is 1. The highest BCUT2D eigenvalue weighted by atomic mass is 19.2. The van der Waals surface area contributed by atoms with Crippen LogP contribution < -0.4 is 4.90 Å². The van der Waals surface area contributed by atoms with Gasteiger partial charge in [-0.3, -0.25) is 9.69 Å². The number of anilines is 1. The predicted molar refractivity (Wildman–Crippen MR) is 92.4 cm³/mol. The molecule has 0 unspecified atom stereocenters. The van der Waals surface area contributed by atoms with Crippen molar-refractivity contribution in [2.45, 2.75) is 13.0 Å². The second kappa shape index (κ2) is 5.94. The molecule has 1 aliphatic rings. The molecule has 0 aliphatic carbocycles. The number of hydrogen-bond acceptors (Lipinski definition) is 3. The van der Waals surface area contributed by atoms with Crippen LogP contribution in [0.3, 0.4) is 0 Å². The van der Waals surface area contributed by atoms with E-state index in [0.717, 1.165) is 17.1 Å². The quantitative estimate of drug-likeness (QED) is 0.776. The molecular formula is C19H15F2N3O2. The zero-order valence-electron chi connectivity index (χ0n) is 14.1. The van der Waals surface area contributed by atoms with Crippen molar-refractivity contribution in [3.05, 3.63) is 71.3 Å². The largest absolute Gasteiger partial charge is 0.491 e. The van der Waals surface area contributed by atoms with E-state index < -0.39 is 23.6 Å². The highest BCUT2D eigenvalue weighted by molar-refractivity contribution is 6.09. The van der Waals surface area contributed by atoms with Gasteiger partial charge in [-0.15, -0.1) is 0 Å². The number of H-pyrrole nitrogens is 1. The van der Waals surface area contributed by atoms with E-state index in [1.807, 2.05) is 0 Å². The predicted octanol–water partition coefficient (Wildman–Crippen LogP) is 3.85. The lowest BCUT2D eigenvalue weighted by molar-refractivity contribution is -0.117. The second-order valence-corrected chi connectivity index (χ2v) is 6.04. The number of nitrogens with one attached hydrogen (secondary N) is 1. The Hall–Kier alpha value is -3.22. The molecule has 1 aliphatic heterocycles. The summed E-state index contributed by atoms with van der Waals surface area (Å²) in [5, 5.41) is 0. The van der Waals surface area contributed by atoms with Crippen LogP contribution in [-0.4, -0.2) is 23.0 Å². The van der Waals surface area contributed by atoms with E-state index >= 15 is 0 Å². The second-order valence-electron chi connectivity index (χ2n) is 6.04. The summed E-state index contributed by atoms with van der Waals surface area (Å²) in [5.74, 6) is -2.21. The summed E-state index contributed by atoms with van der Waals surface area (Å²) in [6, 6.07) is 8.37. The Morgan fingerprint density at radius 2 is 2.04 bits per heavy atom. The Balaban J connectivity index is 1.91. The van der Waals surface area contributed by atoms with E-state index in [0.29, 0.717) is 11.3 Å². The van der Waals surface area contributed by atoms with Gasteiger partial charge in [0.15, 0.2) is 17.4 Å². The average molecular weight is 355 g/mol. The number of fused-ring (bicyclic) bond motifs is 1. The third kappa shape index (κ3) is 2.28. The number of halogens is 2. The summed E-state index contributed by atoms with van der Waals surface area (Å²) in [5.41, 5.74) is 2.61. The molecule has 0 saturated heterocycles. The molecule has 132 valence electrons. The first-order valence-corrected chi connectivity index (χ1v) is 7.98. The maximum absolute atomic E-state index is 14.5. The van der Waals surface area contributed by atoms with Gasteiger partial charge in [0.05, 0.1) is 30.5 Å². The van der Waals surface area contributed by atoms with E-state index in [4.69, 9.17) is 4.74 Å². The number of methoxy groups -OCH3 is 1. The highest BCUT2D eigenvalue weighted by Gasteiger charge is 2.41. The number of imidazole rings is 1. The van der Waals surface area contributed by atoms with Crippen molar-refractivity contribution >= 4 is 22.6 Å². The third-order valence-corrected chi connectivity index (χ3v) is 4.60. The van der Waals surface area contributed by atoms with E-state index in [1.165, 1.54) is 24.1 Å². The summed E-state index contributed by atoms with van der Waals surface area (Å²) in [7, 11) is 1.39.